The number of hydrogen-bond donors (Lipinski definition) is 3. The molecule has 1 saturated heterocycles. The molecule has 1 aliphatic heterocycles. The molecule has 1 fully saturated rings. The van der Waals surface area contributed by atoms with E-state index in [-0.39, 0.29) is 11.9 Å². The third kappa shape index (κ3) is 5.55. The van der Waals surface area contributed by atoms with Crippen LogP contribution in [0, 0.1) is 5.92 Å². The first-order valence-electron chi connectivity index (χ1n) is 8.91. The summed E-state index contributed by atoms with van der Waals surface area (Å²) in [6.07, 6.45) is -1.94. The van der Waals surface area contributed by atoms with Crippen molar-refractivity contribution in [2.45, 2.75) is 58.0 Å². The van der Waals surface area contributed by atoms with Crippen LogP contribution < -0.4 is 16.5 Å². The van der Waals surface area contributed by atoms with Crippen molar-refractivity contribution in [3.8, 4) is 0 Å². The maximum Gasteiger partial charge on any atom is 0.614 e. The number of anilines is 1. The van der Waals surface area contributed by atoms with Crippen LogP contribution in [0.5, 0.6) is 0 Å². The zero-order valence-corrected chi connectivity index (χ0v) is 17.3. The fourth-order valence-electron chi connectivity index (χ4n) is 2.70. The second-order valence-corrected chi connectivity index (χ2v) is 8.04. The molecule has 0 aliphatic carbocycles. The minimum Gasteiger partial charge on any atom is -0.462 e. The van der Waals surface area contributed by atoms with E-state index in [0.29, 0.717) is 0 Å². The number of aliphatic hydroxyl groups excluding tert-OH is 1. The third-order valence-corrected chi connectivity index (χ3v) is 5.18. The Balaban J connectivity index is 2.00. The first-order chi connectivity index (χ1) is 13.4. The average molecular weight is 435 g/mol. The number of hydrogen-bond acceptors (Lipinski definition) is 9. The highest BCUT2D eigenvalue weighted by atomic mass is 31.1. The number of nitrogen functional groups attached to an aromatic ring is 1. The van der Waals surface area contributed by atoms with Gasteiger partial charge in [0.1, 0.15) is 24.2 Å². The van der Waals surface area contributed by atoms with Gasteiger partial charge in [0.2, 0.25) is 0 Å². The molecule has 0 bridgehead atoms. The number of rotatable bonds is 8. The minimum absolute atomic E-state index is 0.0134. The standard InChI is InChI=1S/C16H24FN4O7P/c1-8(2)27-14(23)10(4)20-29(25)26-7-16(17)12(22)9(3)13(28-16)21-6-5-11(18)19-15(21)24/h5-6,8-10,12-13,22H,7H2,1-4H3,(H2-,18,19,20,24,25)/p+1/t9-,10-,12-,13+,16+/m0/s1. The van der Waals surface area contributed by atoms with Crippen molar-refractivity contribution in [1.29, 1.82) is 0 Å². The van der Waals surface area contributed by atoms with E-state index in [1.54, 1.807) is 13.8 Å². The molecule has 0 amide bonds. The smallest absolute Gasteiger partial charge is 0.462 e. The number of aliphatic hydroxyl groups is 1. The number of nitrogens with two attached hydrogens (primary N) is 1. The molecule has 6 atom stereocenters. The molecule has 0 spiro atoms. The summed E-state index contributed by atoms with van der Waals surface area (Å²) < 4.78 is 43.2. The van der Waals surface area contributed by atoms with Gasteiger partial charge in [0, 0.05) is 12.1 Å². The number of esters is 1. The molecule has 1 aliphatic rings. The van der Waals surface area contributed by atoms with Crippen molar-refractivity contribution < 1.29 is 32.9 Å². The van der Waals surface area contributed by atoms with Gasteiger partial charge in [-0.3, -0.25) is 9.36 Å². The fraction of sp³-hybridized carbons (Fsp3) is 0.688. The lowest BCUT2D eigenvalue weighted by Crippen LogP contribution is -2.41. The molecular formula is C16H25FN4O7P+. The van der Waals surface area contributed by atoms with Crippen molar-refractivity contribution in [1.82, 2.24) is 14.6 Å². The van der Waals surface area contributed by atoms with Crippen LogP contribution in [0.25, 0.3) is 0 Å². The summed E-state index contributed by atoms with van der Waals surface area (Å²) in [5, 5.41) is 12.6. The summed E-state index contributed by atoms with van der Waals surface area (Å²) in [7, 11) is -2.67. The first-order valence-corrected chi connectivity index (χ1v) is 10.1. The number of halogens is 1. The molecule has 162 valence electrons. The highest BCUT2D eigenvalue weighted by Crippen LogP contribution is 2.43. The van der Waals surface area contributed by atoms with Crippen molar-refractivity contribution in [2.75, 3.05) is 12.3 Å². The zero-order chi connectivity index (χ0) is 21.9. The van der Waals surface area contributed by atoms with Crippen molar-refractivity contribution in [3.05, 3.63) is 22.7 Å². The number of nitrogens with zero attached hydrogens (tertiary/aromatic N) is 2. The molecule has 13 heteroatoms. The minimum atomic E-state index is -2.74. The van der Waals surface area contributed by atoms with Crippen molar-refractivity contribution in [3.63, 3.8) is 0 Å². The highest BCUT2D eigenvalue weighted by Gasteiger charge is 2.56. The van der Waals surface area contributed by atoms with Gasteiger partial charge in [-0.2, -0.15) is 4.98 Å². The van der Waals surface area contributed by atoms with Gasteiger partial charge < -0.3 is 20.3 Å². The van der Waals surface area contributed by atoms with E-state index in [1.165, 1.54) is 26.1 Å². The normalized spacial score (nSPS) is 28.4. The number of ether oxygens (including phenoxy) is 2. The van der Waals surface area contributed by atoms with E-state index in [2.05, 4.69) is 10.1 Å². The Morgan fingerprint density at radius 3 is 2.79 bits per heavy atom. The third-order valence-electron chi connectivity index (χ3n) is 4.21. The van der Waals surface area contributed by atoms with Crippen LogP contribution >= 0.6 is 8.18 Å². The van der Waals surface area contributed by atoms with Crippen LogP contribution in [0.3, 0.4) is 0 Å². The van der Waals surface area contributed by atoms with E-state index in [4.69, 9.17) is 19.7 Å². The van der Waals surface area contributed by atoms with E-state index in [0.717, 1.165) is 4.57 Å². The fourth-order valence-corrected chi connectivity index (χ4v) is 3.49. The summed E-state index contributed by atoms with van der Waals surface area (Å²) in [5.41, 5.74) is 4.66. The van der Waals surface area contributed by atoms with Gasteiger partial charge in [0.05, 0.1) is 6.10 Å². The summed E-state index contributed by atoms with van der Waals surface area (Å²) in [6, 6.07) is 0.369. The first kappa shape index (κ1) is 23.3. The van der Waals surface area contributed by atoms with Crippen LogP contribution in [-0.2, 0) is 23.4 Å². The molecule has 29 heavy (non-hydrogen) atoms. The van der Waals surface area contributed by atoms with Gasteiger partial charge in [0.25, 0.3) is 5.85 Å². The van der Waals surface area contributed by atoms with Gasteiger partial charge in [0.15, 0.2) is 6.61 Å². The zero-order valence-electron chi connectivity index (χ0n) is 16.4. The second kappa shape index (κ2) is 9.23. The van der Waals surface area contributed by atoms with E-state index in [1.807, 2.05) is 0 Å². The predicted octanol–water partition coefficient (Wildman–Crippen LogP) is 0.621. The number of nitrogens with one attached hydrogen (secondary N) is 1. The Hall–Kier alpha value is -1.98. The lowest BCUT2D eigenvalue weighted by atomic mass is 10.0. The largest absolute Gasteiger partial charge is 0.614 e. The SMILES string of the molecule is CC(C)OC(=O)[C@H](C)N[P+](=O)OC[C@@]1(F)O[C@@H](n2ccc(N)nc2=O)[C@@H](C)[C@@H]1O. The molecule has 0 radical (unpaired) electrons. The number of aromatic nitrogens is 2. The van der Waals surface area contributed by atoms with Crippen LogP contribution in [-0.4, -0.2) is 51.3 Å². The molecule has 1 aromatic heterocycles. The Morgan fingerprint density at radius 2 is 2.21 bits per heavy atom. The topological polar surface area (TPSA) is 155 Å². The summed E-state index contributed by atoms with van der Waals surface area (Å²) in [5.74, 6) is -4.25. The van der Waals surface area contributed by atoms with Crippen LogP contribution in [0.1, 0.15) is 33.9 Å². The van der Waals surface area contributed by atoms with Crippen molar-refractivity contribution >= 4 is 20.0 Å². The maximum atomic E-state index is 15.1. The van der Waals surface area contributed by atoms with Gasteiger partial charge in [-0.15, -0.1) is 4.52 Å². The monoisotopic (exact) mass is 435 g/mol. The Kier molecular flexibility index (Phi) is 7.41. The maximum absolute atomic E-state index is 15.1. The van der Waals surface area contributed by atoms with Crippen LogP contribution in [0.15, 0.2) is 17.1 Å². The lowest BCUT2D eigenvalue weighted by Gasteiger charge is -2.20. The average Bonchev–Trinajstić information content (AvgIpc) is 2.84. The second-order valence-electron chi connectivity index (χ2n) is 7.01. The lowest BCUT2D eigenvalue weighted by molar-refractivity contribution is -0.202. The highest BCUT2D eigenvalue weighted by molar-refractivity contribution is 7.36. The Bertz CT molecular complexity index is 823. The Morgan fingerprint density at radius 1 is 1.55 bits per heavy atom. The summed E-state index contributed by atoms with van der Waals surface area (Å²) in [6.45, 7) is 5.30. The van der Waals surface area contributed by atoms with Gasteiger partial charge >= 0.3 is 19.8 Å². The van der Waals surface area contributed by atoms with Gasteiger partial charge in [-0.05, 0) is 31.4 Å². The molecule has 4 N–H and O–H groups in total. The molecule has 1 unspecified atom stereocenters. The molecule has 2 rings (SSSR count). The molecule has 0 saturated carbocycles. The van der Waals surface area contributed by atoms with E-state index >= 15 is 4.39 Å². The van der Waals surface area contributed by atoms with E-state index < -0.39 is 56.6 Å². The van der Waals surface area contributed by atoms with Crippen molar-refractivity contribution in [2.24, 2.45) is 5.92 Å². The van der Waals surface area contributed by atoms with Gasteiger partial charge in [-0.25, -0.2) is 9.18 Å². The summed E-state index contributed by atoms with van der Waals surface area (Å²) >= 11 is 0. The quantitative estimate of drug-likeness (QED) is 0.391. The van der Waals surface area contributed by atoms with Gasteiger partial charge in [-0.1, -0.05) is 12.0 Å². The molecule has 11 nitrogen and oxygen atoms in total. The van der Waals surface area contributed by atoms with Crippen LogP contribution in [0.4, 0.5) is 10.2 Å². The predicted molar refractivity (Wildman–Crippen MR) is 99.4 cm³/mol. The number of carbonyl (C=O) groups is 1. The molecule has 0 aromatic carbocycles. The molecular weight excluding hydrogens is 410 g/mol. The van der Waals surface area contributed by atoms with Crippen LogP contribution in [0.2, 0.25) is 0 Å². The summed E-state index contributed by atoms with van der Waals surface area (Å²) in [4.78, 5) is 27.2. The number of carbonyl (C=O) groups excluding carboxylic acids is 1. The molecule has 1 aromatic rings. The number of alkyl halides is 1. The van der Waals surface area contributed by atoms with E-state index in [9.17, 15) is 19.3 Å². The molecule has 2 heterocycles. The Labute approximate surface area is 167 Å².